The van der Waals surface area contributed by atoms with Gasteiger partial charge in [-0.2, -0.15) is 0 Å². The van der Waals surface area contributed by atoms with Gasteiger partial charge in [-0.15, -0.1) is 0 Å². The summed E-state index contributed by atoms with van der Waals surface area (Å²) in [6, 6.07) is 0. The van der Waals surface area contributed by atoms with Gasteiger partial charge in [0.1, 0.15) is 6.61 Å². The molecule has 0 aliphatic carbocycles. The summed E-state index contributed by atoms with van der Waals surface area (Å²) in [5.74, 6) is 0. The first-order chi connectivity index (χ1) is 6.55. The van der Waals surface area contributed by atoms with Crippen LogP contribution in [-0.2, 0) is 4.74 Å². The lowest BCUT2D eigenvalue weighted by Crippen LogP contribution is -2.48. The first-order valence-electron chi connectivity index (χ1n) is 4.80. The number of carbonyl (C=O) groups is 1. The maximum absolute atomic E-state index is 11.3. The molecule has 0 radical (unpaired) electrons. The number of hydrogen-bond acceptors (Lipinski definition) is 4. The molecule has 1 rings (SSSR count). The predicted molar refractivity (Wildman–Crippen MR) is 49.9 cm³/mol. The van der Waals surface area contributed by atoms with Crippen LogP contribution in [0.2, 0.25) is 0 Å². The van der Waals surface area contributed by atoms with Crippen LogP contribution in [0.3, 0.4) is 0 Å². The average molecular weight is 203 g/mol. The zero-order chi connectivity index (χ0) is 10.6. The Morgan fingerprint density at radius 3 is 2.93 bits per heavy atom. The normalized spacial score (nSPS) is 27.5. The minimum absolute atomic E-state index is 0.0114. The second-order valence-corrected chi connectivity index (χ2v) is 3.86. The summed E-state index contributed by atoms with van der Waals surface area (Å²) < 4.78 is 4.75. The van der Waals surface area contributed by atoms with E-state index in [1.54, 1.807) is 6.92 Å². The molecule has 1 aliphatic heterocycles. The molecule has 0 aromatic carbocycles. The van der Waals surface area contributed by atoms with Gasteiger partial charge in [-0.05, 0) is 19.8 Å². The maximum atomic E-state index is 11.3. The molecule has 82 valence electrons. The number of nitrogens with zero attached hydrogens (tertiary/aromatic N) is 1. The third kappa shape index (κ3) is 3.16. The smallest absolute Gasteiger partial charge is 0.409 e. The summed E-state index contributed by atoms with van der Waals surface area (Å²) in [5, 5.41) is 18.2. The zero-order valence-electron chi connectivity index (χ0n) is 8.40. The monoisotopic (exact) mass is 203 g/mol. The van der Waals surface area contributed by atoms with E-state index in [-0.39, 0.29) is 13.2 Å². The molecule has 5 nitrogen and oxygen atoms in total. The fourth-order valence-corrected chi connectivity index (χ4v) is 1.60. The molecule has 0 bridgehead atoms. The Balaban J connectivity index is 2.40. The molecule has 1 fully saturated rings. The van der Waals surface area contributed by atoms with Crippen molar-refractivity contribution in [3.8, 4) is 0 Å². The van der Waals surface area contributed by atoms with Crippen molar-refractivity contribution >= 4 is 6.09 Å². The summed E-state index contributed by atoms with van der Waals surface area (Å²) in [6.45, 7) is 2.46. The molecule has 1 aliphatic rings. The molecule has 0 unspecified atom stereocenters. The molecule has 0 aromatic heterocycles. The Morgan fingerprint density at radius 1 is 1.64 bits per heavy atom. The van der Waals surface area contributed by atoms with E-state index in [9.17, 15) is 9.90 Å². The zero-order valence-corrected chi connectivity index (χ0v) is 8.40. The Morgan fingerprint density at radius 2 is 2.36 bits per heavy atom. The summed E-state index contributed by atoms with van der Waals surface area (Å²) >= 11 is 0. The van der Waals surface area contributed by atoms with E-state index in [0.717, 1.165) is 6.42 Å². The minimum atomic E-state index is -0.809. The van der Waals surface area contributed by atoms with Gasteiger partial charge in [0.25, 0.3) is 0 Å². The number of ether oxygens (including phenoxy) is 1. The van der Waals surface area contributed by atoms with Gasteiger partial charge in [0, 0.05) is 6.54 Å². The molecule has 14 heavy (non-hydrogen) atoms. The van der Waals surface area contributed by atoms with Gasteiger partial charge in [-0.25, -0.2) is 4.79 Å². The lowest BCUT2D eigenvalue weighted by molar-refractivity contribution is -0.0174. The summed E-state index contributed by atoms with van der Waals surface area (Å²) in [5.41, 5.74) is -0.809. The number of piperidine rings is 1. The molecule has 1 saturated heterocycles. The van der Waals surface area contributed by atoms with Crippen LogP contribution < -0.4 is 0 Å². The van der Waals surface area contributed by atoms with Gasteiger partial charge in [0.05, 0.1) is 18.8 Å². The van der Waals surface area contributed by atoms with Crippen molar-refractivity contribution in [3.05, 3.63) is 0 Å². The Kier molecular flexibility index (Phi) is 3.71. The molecule has 5 heteroatoms. The van der Waals surface area contributed by atoms with Gasteiger partial charge in [-0.1, -0.05) is 0 Å². The lowest BCUT2D eigenvalue weighted by Gasteiger charge is -2.35. The first kappa shape index (κ1) is 11.3. The summed E-state index contributed by atoms with van der Waals surface area (Å²) in [6.07, 6.45) is 1.02. The van der Waals surface area contributed by atoms with Crippen LogP contribution in [0.5, 0.6) is 0 Å². The topological polar surface area (TPSA) is 70.0 Å². The van der Waals surface area contributed by atoms with E-state index < -0.39 is 11.7 Å². The highest BCUT2D eigenvalue weighted by molar-refractivity contribution is 5.67. The maximum Gasteiger partial charge on any atom is 0.409 e. The van der Waals surface area contributed by atoms with Crippen molar-refractivity contribution in [1.82, 2.24) is 4.90 Å². The minimum Gasteiger partial charge on any atom is -0.447 e. The number of likely N-dealkylation sites (tertiary alicyclic amines) is 1. The van der Waals surface area contributed by atoms with Crippen LogP contribution in [0.25, 0.3) is 0 Å². The van der Waals surface area contributed by atoms with Crippen molar-refractivity contribution in [2.24, 2.45) is 0 Å². The van der Waals surface area contributed by atoms with Crippen LogP contribution in [0.15, 0.2) is 0 Å². The van der Waals surface area contributed by atoms with Crippen molar-refractivity contribution in [2.75, 3.05) is 26.3 Å². The highest BCUT2D eigenvalue weighted by Crippen LogP contribution is 2.20. The third-order valence-corrected chi connectivity index (χ3v) is 2.25. The fourth-order valence-electron chi connectivity index (χ4n) is 1.60. The number of carbonyl (C=O) groups excluding carboxylic acids is 1. The van der Waals surface area contributed by atoms with Crippen molar-refractivity contribution in [1.29, 1.82) is 0 Å². The molecule has 1 heterocycles. The van der Waals surface area contributed by atoms with E-state index in [4.69, 9.17) is 9.84 Å². The van der Waals surface area contributed by atoms with Crippen LogP contribution in [0.1, 0.15) is 19.8 Å². The molecule has 0 aromatic rings. The predicted octanol–water partition coefficient (Wildman–Crippen LogP) is -0.0379. The number of hydrogen-bond donors (Lipinski definition) is 2. The average Bonchev–Trinajstić information content (AvgIpc) is 2.12. The van der Waals surface area contributed by atoms with Gasteiger partial charge in [0.15, 0.2) is 0 Å². The van der Waals surface area contributed by atoms with Crippen LogP contribution >= 0.6 is 0 Å². The van der Waals surface area contributed by atoms with E-state index in [1.165, 1.54) is 4.90 Å². The van der Waals surface area contributed by atoms with Gasteiger partial charge in [0.2, 0.25) is 0 Å². The van der Waals surface area contributed by atoms with Crippen LogP contribution in [0, 0.1) is 0 Å². The third-order valence-electron chi connectivity index (χ3n) is 2.25. The van der Waals surface area contributed by atoms with Crippen LogP contribution in [-0.4, -0.2) is 53.1 Å². The van der Waals surface area contributed by atoms with E-state index in [1.807, 2.05) is 0 Å². The second kappa shape index (κ2) is 4.61. The Bertz CT molecular complexity index is 205. The van der Waals surface area contributed by atoms with Gasteiger partial charge >= 0.3 is 6.09 Å². The molecule has 1 amide bonds. The van der Waals surface area contributed by atoms with Crippen molar-refractivity contribution in [3.63, 3.8) is 0 Å². The number of aliphatic hydroxyl groups is 2. The lowest BCUT2D eigenvalue weighted by atomic mass is 9.96. The van der Waals surface area contributed by atoms with Gasteiger partial charge in [-0.3, -0.25) is 0 Å². The Hall–Kier alpha value is -0.810. The molecular weight excluding hydrogens is 186 g/mol. The SMILES string of the molecule is C[C@]1(O)CCCN(C(=O)OCCO)C1. The molecule has 0 saturated carbocycles. The molecule has 0 spiro atoms. The largest absolute Gasteiger partial charge is 0.447 e. The first-order valence-corrected chi connectivity index (χ1v) is 4.80. The summed E-state index contributed by atoms with van der Waals surface area (Å²) in [7, 11) is 0. The molecule has 1 atom stereocenters. The van der Waals surface area contributed by atoms with Crippen molar-refractivity contribution < 1.29 is 19.7 Å². The van der Waals surface area contributed by atoms with E-state index in [0.29, 0.717) is 19.5 Å². The number of aliphatic hydroxyl groups excluding tert-OH is 1. The quantitative estimate of drug-likeness (QED) is 0.660. The number of β-amino-alcohol motifs (C(OH)–C–C–N with tert-alkyl or cyclic N) is 1. The van der Waals surface area contributed by atoms with Gasteiger partial charge < -0.3 is 19.8 Å². The second-order valence-electron chi connectivity index (χ2n) is 3.86. The molecule has 2 N–H and O–H groups in total. The van der Waals surface area contributed by atoms with E-state index >= 15 is 0 Å². The molecular formula is C9H17NO4. The standard InChI is InChI=1S/C9H17NO4/c1-9(13)3-2-4-10(7-9)8(12)14-6-5-11/h11,13H,2-7H2,1H3/t9-/m0/s1. The fraction of sp³-hybridized carbons (Fsp3) is 0.889. The number of amides is 1. The van der Waals surface area contributed by atoms with E-state index in [2.05, 4.69) is 0 Å². The highest BCUT2D eigenvalue weighted by Gasteiger charge is 2.31. The van der Waals surface area contributed by atoms with Crippen LogP contribution in [0.4, 0.5) is 4.79 Å². The highest BCUT2D eigenvalue weighted by atomic mass is 16.6. The van der Waals surface area contributed by atoms with Crippen molar-refractivity contribution in [2.45, 2.75) is 25.4 Å². The summed E-state index contributed by atoms with van der Waals surface area (Å²) in [4.78, 5) is 12.8. The Labute approximate surface area is 83.3 Å². The number of rotatable bonds is 2.